The normalized spacial score (nSPS) is 27.2. The fraction of sp³-hybridized carbons (Fsp3) is 0.588. The SMILES string of the molecule is N#Cc1cc(F)ccc1CN(CCO)C1CC2CCC1C2. The van der Waals surface area contributed by atoms with Crippen molar-refractivity contribution in [2.24, 2.45) is 11.8 Å². The summed E-state index contributed by atoms with van der Waals surface area (Å²) in [6.45, 7) is 1.37. The molecule has 112 valence electrons. The first-order valence-electron chi connectivity index (χ1n) is 7.74. The second kappa shape index (κ2) is 6.13. The van der Waals surface area contributed by atoms with Crippen molar-refractivity contribution in [2.75, 3.05) is 13.2 Å². The van der Waals surface area contributed by atoms with Crippen molar-refractivity contribution in [1.29, 1.82) is 5.26 Å². The van der Waals surface area contributed by atoms with Crippen LogP contribution in [0.1, 0.15) is 36.8 Å². The first kappa shape index (κ1) is 14.5. The van der Waals surface area contributed by atoms with Crippen LogP contribution >= 0.6 is 0 Å². The molecule has 0 aromatic heterocycles. The molecular weight excluding hydrogens is 267 g/mol. The average Bonchev–Trinajstić information content (AvgIpc) is 3.11. The van der Waals surface area contributed by atoms with Crippen LogP contribution < -0.4 is 0 Å². The van der Waals surface area contributed by atoms with Crippen molar-refractivity contribution < 1.29 is 9.50 Å². The number of nitriles is 1. The van der Waals surface area contributed by atoms with Gasteiger partial charge in [0.2, 0.25) is 0 Å². The van der Waals surface area contributed by atoms with Crippen molar-refractivity contribution >= 4 is 0 Å². The Morgan fingerprint density at radius 1 is 1.33 bits per heavy atom. The van der Waals surface area contributed by atoms with Crippen LogP contribution in [0, 0.1) is 29.0 Å². The number of rotatable bonds is 5. The number of aliphatic hydroxyl groups is 1. The quantitative estimate of drug-likeness (QED) is 0.906. The van der Waals surface area contributed by atoms with Crippen LogP contribution in [0.3, 0.4) is 0 Å². The Kier molecular flexibility index (Phi) is 4.23. The summed E-state index contributed by atoms with van der Waals surface area (Å²) in [5, 5.41) is 18.5. The molecule has 0 saturated heterocycles. The Morgan fingerprint density at radius 3 is 2.81 bits per heavy atom. The Morgan fingerprint density at radius 2 is 2.19 bits per heavy atom. The lowest BCUT2D eigenvalue weighted by atomic mass is 9.93. The molecule has 1 aromatic carbocycles. The lowest BCUT2D eigenvalue weighted by Gasteiger charge is -2.34. The fourth-order valence-corrected chi connectivity index (χ4v) is 4.16. The van der Waals surface area contributed by atoms with Crippen LogP contribution in [0.4, 0.5) is 4.39 Å². The van der Waals surface area contributed by atoms with Gasteiger partial charge in [0.1, 0.15) is 5.82 Å². The van der Waals surface area contributed by atoms with Crippen LogP contribution in [0.25, 0.3) is 0 Å². The second-order valence-electron chi connectivity index (χ2n) is 6.35. The molecule has 3 nitrogen and oxygen atoms in total. The smallest absolute Gasteiger partial charge is 0.124 e. The minimum atomic E-state index is -0.371. The minimum absolute atomic E-state index is 0.122. The van der Waals surface area contributed by atoms with Gasteiger partial charge < -0.3 is 5.11 Å². The molecule has 2 bridgehead atoms. The molecule has 1 N–H and O–H groups in total. The lowest BCUT2D eigenvalue weighted by molar-refractivity contribution is 0.107. The van der Waals surface area contributed by atoms with Gasteiger partial charge >= 0.3 is 0 Å². The number of hydrogen-bond donors (Lipinski definition) is 1. The highest BCUT2D eigenvalue weighted by molar-refractivity contribution is 5.37. The van der Waals surface area contributed by atoms with E-state index in [4.69, 9.17) is 0 Å². The van der Waals surface area contributed by atoms with E-state index < -0.39 is 0 Å². The monoisotopic (exact) mass is 288 g/mol. The molecule has 1 aromatic rings. The zero-order valence-corrected chi connectivity index (χ0v) is 12.1. The summed E-state index contributed by atoms with van der Waals surface area (Å²) in [6.07, 6.45) is 5.13. The standard InChI is InChI=1S/C17H21FN2O/c18-16-4-3-14(15(9-16)10-19)11-20(5-6-21)17-8-12-1-2-13(17)7-12/h3-4,9,12-13,17,21H,1-2,5-8,11H2. The third-order valence-electron chi connectivity index (χ3n) is 5.12. The van der Waals surface area contributed by atoms with Crippen LogP contribution in [0.15, 0.2) is 18.2 Å². The van der Waals surface area contributed by atoms with Gasteiger partial charge in [-0.1, -0.05) is 12.5 Å². The Bertz CT molecular complexity index is 554. The second-order valence-corrected chi connectivity index (χ2v) is 6.35. The summed E-state index contributed by atoms with van der Waals surface area (Å²) in [5.41, 5.74) is 1.26. The molecule has 0 amide bonds. The zero-order valence-electron chi connectivity index (χ0n) is 12.1. The highest BCUT2D eigenvalue weighted by atomic mass is 19.1. The lowest BCUT2D eigenvalue weighted by Crippen LogP contribution is -2.40. The van der Waals surface area contributed by atoms with Gasteiger partial charge in [0.15, 0.2) is 0 Å². The summed E-state index contributed by atoms with van der Waals surface area (Å²) in [7, 11) is 0. The third kappa shape index (κ3) is 2.95. The van der Waals surface area contributed by atoms with Crippen LogP contribution in [0.5, 0.6) is 0 Å². The molecule has 4 heteroatoms. The largest absolute Gasteiger partial charge is 0.395 e. The highest BCUT2D eigenvalue weighted by Crippen LogP contribution is 2.46. The Hall–Kier alpha value is -1.44. The number of benzene rings is 1. The minimum Gasteiger partial charge on any atom is -0.395 e. The predicted molar refractivity (Wildman–Crippen MR) is 77.8 cm³/mol. The molecule has 0 aliphatic heterocycles. The van der Waals surface area contributed by atoms with Gasteiger partial charge in [0, 0.05) is 19.1 Å². The zero-order chi connectivity index (χ0) is 14.8. The van der Waals surface area contributed by atoms with Crippen LogP contribution in [-0.4, -0.2) is 29.2 Å². The molecule has 2 fully saturated rings. The maximum Gasteiger partial charge on any atom is 0.124 e. The van der Waals surface area contributed by atoms with Crippen molar-refractivity contribution in [3.8, 4) is 6.07 Å². The van der Waals surface area contributed by atoms with E-state index >= 15 is 0 Å². The molecule has 2 aliphatic carbocycles. The molecule has 3 unspecified atom stereocenters. The summed E-state index contributed by atoms with van der Waals surface area (Å²) in [6, 6.07) is 7.00. The van der Waals surface area contributed by atoms with Gasteiger partial charge in [0.05, 0.1) is 18.2 Å². The first-order valence-corrected chi connectivity index (χ1v) is 7.74. The predicted octanol–water partition coefficient (Wildman–Crippen LogP) is 2.68. The van der Waals surface area contributed by atoms with E-state index in [0.29, 0.717) is 24.7 Å². The molecule has 0 spiro atoms. The summed E-state index contributed by atoms with van der Waals surface area (Å²) >= 11 is 0. The number of halogens is 1. The van der Waals surface area contributed by atoms with E-state index in [1.54, 1.807) is 6.07 Å². The molecule has 3 rings (SSSR count). The van der Waals surface area contributed by atoms with E-state index in [0.717, 1.165) is 17.4 Å². The molecular formula is C17H21FN2O. The molecule has 0 radical (unpaired) electrons. The maximum atomic E-state index is 13.2. The first-order chi connectivity index (χ1) is 10.2. The van der Waals surface area contributed by atoms with E-state index in [9.17, 15) is 14.8 Å². The summed E-state index contributed by atoms with van der Waals surface area (Å²) in [4.78, 5) is 2.29. The summed E-state index contributed by atoms with van der Waals surface area (Å²) in [5.74, 6) is 1.20. The van der Waals surface area contributed by atoms with Crippen LogP contribution in [0.2, 0.25) is 0 Å². The van der Waals surface area contributed by atoms with Gasteiger partial charge in [0.25, 0.3) is 0 Å². The topological polar surface area (TPSA) is 47.3 Å². The van der Waals surface area contributed by atoms with Gasteiger partial charge in [-0.25, -0.2) is 4.39 Å². The van der Waals surface area contributed by atoms with E-state index in [1.807, 2.05) is 0 Å². The molecule has 2 aliphatic rings. The Balaban J connectivity index is 1.78. The van der Waals surface area contributed by atoms with E-state index in [2.05, 4.69) is 11.0 Å². The van der Waals surface area contributed by atoms with Crippen molar-refractivity contribution in [3.63, 3.8) is 0 Å². The number of fused-ring (bicyclic) bond motifs is 2. The van der Waals surface area contributed by atoms with Gasteiger partial charge in [-0.3, -0.25) is 4.90 Å². The van der Waals surface area contributed by atoms with E-state index in [-0.39, 0.29) is 12.4 Å². The van der Waals surface area contributed by atoms with Crippen molar-refractivity contribution in [3.05, 3.63) is 35.1 Å². The van der Waals surface area contributed by atoms with E-state index in [1.165, 1.54) is 37.8 Å². The van der Waals surface area contributed by atoms with Gasteiger partial charge in [-0.2, -0.15) is 5.26 Å². The van der Waals surface area contributed by atoms with Crippen molar-refractivity contribution in [2.45, 2.75) is 38.3 Å². The number of aliphatic hydroxyl groups excluding tert-OH is 1. The summed E-state index contributed by atoms with van der Waals surface area (Å²) < 4.78 is 13.2. The number of nitrogens with zero attached hydrogens (tertiary/aromatic N) is 2. The Labute approximate surface area is 125 Å². The average molecular weight is 288 g/mol. The van der Waals surface area contributed by atoms with Crippen molar-refractivity contribution in [1.82, 2.24) is 4.90 Å². The van der Waals surface area contributed by atoms with Gasteiger partial charge in [-0.05, 0) is 48.8 Å². The van der Waals surface area contributed by atoms with Gasteiger partial charge in [-0.15, -0.1) is 0 Å². The maximum absolute atomic E-state index is 13.2. The number of hydrogen-bond acceptors (Lipinski definition) is 3. The molecule has 0 heterocycles. The van der Waals surface area contributed by atoms with Crippen LogP contribution in [-0.2, 0) is 6.54 Å². The highest BCUT2D eigenvalue weighted by Gasteiger charge is 2.42. The molecule has 21 heavy (non-hydrogen) atoms. The third-order valence-corrected chi connectivity index (χ3v) is 5.12. The molecule has 2 saturated carbocycles. The fourth-order valence-electron chi connectivity index (χ4n) is 4.16. The molecule has 3 atom stereocenters.